The molecule has 0 amide bonds. The van der Waals surface area contributed by atoms with Crippen molar-refractivity contribution in [3.63, 3.8) is 0 Å². The second-order valence-electron chi connectivity index (χ2n) is 8.23. The average Bonchev–Trinajstić information content (AvgIpc) is 2.95. The Morgan fingerprint density at radius 1 is 1.29 bits per heavy atom. The van der Waals surface area contributed by atoms with E-state index < -0.39 is 0 Å². The van der Waals surface area contributed by atoms with Crippen LogP contribution in [0.4, 0.5) is 0 Å². The number of aromatic nitrogens is 1. The standard InChI is InChI=1S/C23H26N2O3/c1-14-8-15(2)12-25(11-14)13-18-19(26)9-16(3)21-22(27)20(28-23(18)21)10-17-6-4-5-7-24-17/h4-7,9-10,14-15,26H,8,11-13H2,1-3H3/b20-10+. The highest BCUT2D eigenvalue weighted by atomic mass is 16.5. The largest absolute Gasteiger partial charge is 0.507 e. The molecule has 1 aromatic carbocycles. The average molecular weight is 378 g/mol. The van der Waals surface area contributed by atoms with Crippen LogP contribution in [0.2, 0.25) is 0 Å². The number of hydrogen-bond donors (Lipinski definition) is 1. The van der Waals surface area contributed by atoms with Crippen molar-refractivity contribution in [1.82, 2.24) is 9.88 Å². The molecular weight excluding hydrogens is 352 g/mol. The zero-order valence-electron chi connectivity index (χ0n) is 16.6. The molecule has 5 nitrogen and oxygen atoms in total. The quantitative estimate of drug-likeness (QED) is 0.812. The summed E-state index contributed by atoms with van der Waals surface area (Å²) in [7, 11) is 0. The van der Waals surface area contributed by atoms with E-state index in [0.717, 1.165) is 18.7 Å². The van der Waals surface area contributed by atoms with Gasteiger partial charge >= 0.3 is 0 Å². The molecule has 146 valence electrons. The number of rotatable bonds is 3. The number of fused-ring (bicyclic) bond motifs is 1. The molecule has 2 unspecified atom stereocenters. The first-order valence-corrected chi connectivity index (χ1v) is 9.85. The molecule has 0 radical (unpaired) electrons. The Kier molecular flexibility index (Phi) is 4.94. The van der Waals surface area contributed by atoms with Crippen LogP contribution in [-0.2, 0) is 6.54 Å². The smallest absolute Gasteiger partial charge is 0.232 e. The SMILES string of the molecule is Cc1cc(O)c(CN2CC(C)CC(C)C2)c2c1C(=O)/C(=C\c1ccccn1)O2. The number of ether oxygens (including phenoxy) is 1. The summed E-state index contributed by atoms with van der Waals surface area (Å²) < 4.78 is 6.00. The third-order valence-electron chi connectivity index (χ3n) is 5.51. The zero-order valence-corrected chi connectivity index (χ0v) is 16.6. The first-order chi connectivity index (χ1) is 13.4. The zero-order chi connectivity index (χ0) is 19.8. The summed E-state index contributed by atoms with van der Waals surface area (Å²) in [5, 5.41) is 10.6. The number of hydrogen-bond acceptors (Lipinski definition) is 5. The number of benzene rings is 1. The summed E-state index contributed by atoms with van der Waals surface area (Å²) in [6.45, 7) is 8.89. The number of allylic oxidation sites excluding steroid dienone is 1. The molecule has 1 aromatic heterocycles. The summed E-state index contributed by atoms with van der Waals surface area (Å²) in [6.07, 6.45) is 4.56. The molecule has 2 aliphatic rings. The van der Waals surface area contributed by atoms with Crippen molar-refractivity contribution in [3.8, 4) is 11.5 Å². The number of pyridine rings is 1. The molecule has 3 heterocycles. The lowest BCUT2D eigenvalue weighted by Gasteiger charge is -2.35. The first kappa shape index (κ1) is 18.7. The van der Waals surface area contributed by atoms with Crippen molar-refractivity contribution >= 4 is 11.9 Å². The van der Waals surface area contributed by atoms with Gasteiger partial charge < -0.3 is 9.84 Å². The lowest BCUT2D eigenvalue weighted by molar-refractivity contribution is 0.101. The van der Waals surface area contributed by atoms with Gasteiger partial charge in [0.25, 0.3) is 0 Å². The number of phenols is 1. The fraction of sp³-hybridized carbons (Fsp3) is 0.391. The van der Waals surface area contributed by atoms with Crippen LogP contribution in [0.1, 0.15) is 47.4 Å². The molecule has 1 saturated heterocycles. The molecule has 0 saturated carbocycles. The van der Waals surface area contributed by atoms with Crippen LogP contribution in [0.25, 0.3) is 6.08 Å². The Labute approximate surface area is 165 Å². The van der Waals surface area contributed by atoms with Gasteiger partial charge in [0.15, 0.2) is 5.76 Å². The van der Waals surface area contributed by atoms with E-state index in [9.17, 15) is 9.90 Å². The number of piperidine rings is 1. The van der Waals surface area contributed by atoms with Crippen molar-refractivity contribution in [2.45, 2.75) is 33.7 Å². The van der Waals surface area contributed by atoms with Gasteiger partial charge in [-0.15, -0.1) is 0 Å². The Morgan fingerprint density at radius 2 is 2.04 bits per heavy atom. The van der Waals surface area contributed by atoms with Crippen LogP contribution in [-0.4, -0.2) is 33.9 Å². The molecule has 28 heavy (non-hydrogen) atoms. The van der Waals surface area contributed by atoms with Crippen LogP contribution in [0.15, 0.2) is 36.2 Å². The van der Waals surface area contributed by atoms with Gasteiger partial charge in [-0.25, -0.2) is 0 Å². The van der Waals surface area contributed by atoms with Crippen molar-refractivity contribution in [1.29, 1.82) is 0 Å². The second-order valence-corrected chi connectivity index (χ2v) is 8.23. The van der Waals surface area contributed by atoms with E-state index in [2.05, 4.69) is 23.7 Å². The number of phenolic OH excluding ortho intramolecular Hbond substituents is 1. The number of carbonyl (C=O) groups excluding carboxylic acids is 1. The first-order valence-electron chi connectivity index (χ1n) is 9.85. The van der Waals surface area contributed by atoms with Gasteiger partial charge in [-0.1, -0.05) is 19.9 Å². The van der Waals surface area contributed by atoms with E-state index in [4.69, 9.17) is 4.74 Å². The number of ketones is 1. The second kappa shape index (κ2) is 7.40. The van der Waals surface area contributed by atoms with E-state index in [1.807, 2.05) is 25.1 Å². The van der Waals surface area contributed by atoms with Crippen LogP contribution in [0.3, 0.4) is 0 Å². The Balaban J connectivity index is 1.69. The maximum absolute atomic E-state index is 13.0. The van der Waals surface area contributed by atoms with E-state index >= 15 is 0 Å². The number of likely N-dealkylation sites (tertiary alicyclic amines) is 1. The highest BCUT2D eigenvalue weighted by Gasteiger charge is 2.34. The van der Waals surface area contributed by atoms with E-state index in [0.29, 0.717) is 41.0 Å². The van der Waals surface area contributed by atoms with Crippen molar-refractivity contribution < 1.29 is 14.6 Å². The van der Waals surface area contributed by atoms with Gasteiger partial charge in [-0.05, 0) is 48.9 Å². The molecular formula is C23H26N2O3. The van der Waals surface area contributed by atoms with Crippen molar-refractivity contribution in [2.75, 3.05) is 13.1 Å². The summed E-state index contributed by atoms with van der Waals surface area (Å²) in [6, 6.07) is 7.20. The molecule has 4 rings (SSSR count). The molecule has 0 spiro atoms. The van der Waals surface area contributed by atoms with Gasteiger partial charge in [-0.2, -0.15) is 0 Å². The normalized spacial score (nSPS) is 23.7. The highest BCUT2D eigenvalue weighted by molar-refractivity contribution is 6.15. The van der Waals surface area contributed by atoms with Crippen LogP contribution >= 0.6 is 0 Å². The Hall–Kier alpha value is -2.66. The van der Waals surface area contributed by atoms with Crippen LogP contribution in [0.5, 0.6) is 11.5 Å². The number of Topliss-reactive ketones (excluding diaryl/α,β-unsaturated/α-hetero) is 1. The fourth-order valence-electron chi connectivity index (χ4n) is 4.47. The number of aryl methyl sites for hydroxylation is 1. The van der Waals surface area contributed by atoms with Crippen LogP contribution in [0, 0.1) is 18.8 Å². The maximum atomic E-state index is 13.0. The molecule has 2 aliphatic heterocycles. The molecule has 0 aliphatic carbocycles. The van der Waals surface area contributed by atoms with Crippen molar-refractivity contribution in [3.05, 3.63) is 58.6 Å². The fourth-order valence-corrected chi connectivity index (χ4v) is 4.47. The lowest BCUT2D eigenvalue weighted by Crippen LogP contribution is -2.38. The Bertz CT molecular complexity index is 927. The van der Waals surface area contributed by atoms with Crippen molar-refractivity contribution in [2.24, 2.45) is 11.8 Å². The molecule has 2 aromatic rings. The van der Waals surface area contributed by atoms with Gasteiger partial charge in [0, 0.05) is 31.9 Å². The van der Waals surface area contributed by atoms with Crippen LogP contribution < -0.4 is 4.74 Å². The van der Waals surface area contributed by atoms with E-state index in [-0.39, 0.29) is 17.3 Å². The molecule has 0 bridgehead atoms. The predicted molar refractivity (Wildman–Crippen MR) is 108 cm³/mol. The minimum absolute atomic E-state index is 0.153. The third-order valence-corrected chi connectivity index (χ3v) is 5.51. The molecule has 1 fully saturated rings. The number of aromatic hydroxyl groups is 1. The monoisotopic (exact) mass is 378 g/mol. The minimum atomic E-state index is -0.153. The van der Waals surface area contributed by atoms with E-state index in [1.54, 1.807) is 18.3 Å². The number of carbonyl (C=O) groups is 1. The third kappa shape index (κ3) is 3.54. The highest BCUT2D eigenvalue weighted by Crippen LogP contribution is 2.42. The minimum Gasteiger partial charge on any atom is -0.507 e. The summed E-state index contributed by atoms with van der Waals surface area (Å²) >= 11 is 0. The molecule has 1 N–H and O–H groups in total. The Morgan fingerprint density at radius 3 is 2.71 bits per heavy atom. The summed E-state index contributed by atoms with van der Waals surface area (Å²) in [4.78, 5) is 19.6. The van der Waals surface area contributed by atoms with Gasteiger partial charge in [0.2, 0.25) is 5.78 Å². The summed E-state index contributed by atoms with van der Waals surface area (Å²) in [5.74, 6) is 2.02. The molecule has 2 atom stereocenters. The maximum Gasteiger partial charge on any atom is 0.232 e. The number of nitrogens with zero attached hydrogens (tertiary/aromatic N) is 2. The molecule has 5 heteroatoms. The summed E-state index contributed by atoms with van der Waals surface area (Å²) in [5.41, 5.74) is 2.64. The topological polar surface area (TPSA) is 62.7 Å². The van der Waals surface area contributed by atoms with Gasteiger partial charge in [0.1, 0.15) is 11.5 Å². The lowest BCUT2D eigenvalue weighted by atomic mass is 9.91. The van der Waals surface area contributed by atoms with E-state index in [1.165, 1.54) is 6.42 Å². The van der Waals surface area contributed by atoms with Gasteiger partial charge in [0.05, 0.1) is 16.8 Å². The predicted octanol–water partition coefficient (Wildman–Crippen LogP) is 4.19. The van der Waals surface area contributed by atoms with Gasteiger partial charge in [-0.3, -0.25) is 14.7 Å².